The number of carbonyl (C=O) groups excluding carboxylic acids is 3. The first-order chi connectivity index (χ1) is 19.6. The van der Waals surface area contributed by atoms with Crippen molar-refractivity contribution < 1.29 is 42.1 Å². The van der Waals surface area contributed by atoms with E-state index in [-0.39, 0.29) is 17.5 Å². The number of cyclic esters (lactones) is 1. The summed E-state index contributed by atoms with van der Waals surface area (Å²) in [6.45, 7) is 1.67. The van der Waals surface area contributed by atoms with E-state index in [9.17, 15) is 32.7 Å². The Bertz CT molecular complexity index is 1110. The minimum Gasteiger partial charge on any atom is -0.507 e. The van der Waals surface area contributed by atoms with Gasteiger partial charge in [0.2, 0.25) is 0 Å². The Balaban J connectivity index is 1.33. The summed E-state index contributed by atoms with van der Waals surface area (Å²) in [5.74, 6) is -2.98. The molecular formula is C30H39F3N2O6. The average Bonchev–Trinajstić information content (AvgIpc) is 3.71. The van der Waals surface area contributed by atoms with Crippen LogP contribution >= 0.6 is 0 Å². The number of hydrogen-bond donors (Lipinski definition) is 1. The lowest BCUT2D eigenvalue weighted by Gasteiger charge is -2.15. The molecule has 0 aromatic heterocycles. The van der Waals surface area contributed by atoms with E-state index < -0.39 is 53.6 Å². The van der Waals surface area contributed by atoms with Crippen molar-refractivity contribution in [3.05, 3.63) is 46.7 Å². The van der Waals surface area contributed by atoms with E-state index in [2.05, 4.69) is 17.2 Å². The van der Waals surface area contributed by atoms with Gasteiger partial charge in [0.1, 0.15) is 12.2 Å². The molecule has 0 radical (unpaired) electrons. The normalized spacial score (nSPS) is 17.6. The summed E-state index contributed by atoms with van der Waals surface area (Å²) in [5.41, 5.74) is -3.32. The number of ketones is 1. The van der Waals surface area contributed by atoms with Gasteiger partial charge in [0.25, 0.3) is 0 Å². The number of aliphatic hydroxyl groups is 1. The van der Waals surface area contributed by atoms with E-state index in [0.717, 1.165) is 43.5 Å². The van der Waals surface area contributed by atoms with Crippen molar-refractivity contribution in [3.63, 3.8) is 0 Å². The van der Waals surface area contributed by atoms with Crippen LogP contribution in [0.25, 0.3) is 0 Å². The first-order valence-electron chi connectivity index (χ1n) is 14.6. The fourth-order valence-electron chi connectivity index (χ4n) is 4.82. The summed E-state index contributed by atoms with van der Waals surface area (Å²) >= 11 is 0. The number of esters is 2. The number of unbranched alkanes of at least 4 members (excludes halogenated alkanes) is 12. The molecule has 1 N–H and O–H groups in total. The molecule has 0 spiro atoms. The monoisotopic (exact) mass is 580 g/mol. The summed E-state index contributed by atoms with van der Waals surface area (Å²) in [5, 5.41) is 16.6. The van der Waals surface area contributed by atoms with Crippen molar-refractivity contribution in [3.8, 4) is 0 Å². The number of rotatable bonds is 19. The lowest BCUT2D eigenvalue weighted by Crippen LogP contribution is -2.30. The van der Waals surface area contributed by atoms with Crippen LogP contribution in [0.1, 0.15) is 113 Å². The first-order valence-corrected chi connectivity index (χ1v) is 14.6. The van der Waals surface area contributed by atoms with Crippen LogP contribution in [0.3, 0.4) is 0 Å². The van der Waals surface area contributed by atoms with Crippen molar-refractivity contribution in [2.24, 2.45) is 10.2 Å². The maximum Gasteiger partial charge on any atom is 0.442 e. The number of nitrogens with zero attached hydrogens (tertiary/aromatic N) is 2. The second kappa shape index (κ2) is 15.1. The minimum atomic E-state index is -4.69. The van der Waals surface area contributed by atoms with Crippen LogP contribution in [0.5, 0.6) is 0 Å². The van der Waals surface area contributed by atoms with Gasteiger partial charge in [0.05, 0.1) is 5.56 Å². The summed E-state index contributed by atoms with van der Waals surface area (Å²) < 4.78 is 49.4. The fraction of sp³-hybridized carbons (Fsp3) is 0.633. The molecule has 0 bridgehead atoms. The third-order valence-corrected chi connectivity index (χ3v) is 7.38. The Morgan fingerprint density at radius 1 is 0.902 bits per heavy atom. The topological polar surface area (TPSA) is 115 Å². The number of alkyl halides is 3. The van der Waals surface area contributed by atoms with Gasteiger partial charge in [-0.1, -0.05) is 96.1 Å². The SMILES string of the molecule is CCCCCCCCCCCCCCCC(=O)C1=C(O)[C@@H](COC(=O)c2ccc(C3(C(F)(F)F)N=N3)cc2)OC1=O. The third kappa shape index (κ3) is 8.87. The molecular weight excluding hydrogens is 541 g/mol. The Morgan fingerprint density at radius 2 is 1.41 bits per heavy atom. The zero-order valence-electron chi connectivity index (χ0n) is 23.5. The van der Waals surface area contributed by atoms with Crippen molar-refractivity contribution >= 4 is 17.7 Å². The van der Waals surface area contributed by atoms with E-state index >= 15 is 0 Å². The van der Waals surface area contributed by atoms with Crippen molar-refractivity contribution in [1.82, 2.24) is 0 Å². The molecule has 41 heavy (non-hydrogen) atoms. The molecule has 2 heterocycles. The number of aliphatic hydroxyl groups excluding tert-OH is 1. The highest BCUT2D eigenvalue weighted by Gasteiger charge is 2.65. The van der Waals surface area contributed by atoms with Gasteiger partial charge in [-0.05, 0) is 18.6 Å². The number of hydrogen-bond acceptors (Lipinski definition) is 8. The largest absolute Gasteiger partial charge is 0.507 e. The van der Waals surface area contributed by atoms with Gasteiger partial charge in [-0.15, -0.1) is 10.2 Å². The Kier molecular flexibility index (Phi) is 11.9. The van der Waals surface area contributed by atoms with Gasteiger partial charge in [0, 0.05) is 12.0 Å². The van der Waals surface area contributed by atoms with Gasteiger partial charge < -0.3 is 14.6 Å². The molecule has 8 nitrogen and oxygen atoms in total. The van der Waals surface area contributed by atoms with E-state index in [1.807, 2.05) is 0 Å². The maximum absolute atomic E-state index is 13.1. The Morgan fingerprint density at radius 3 is 1.90 bits per heavy atom. The predicted octanol–water partition coefficient (Wildman–Crippen LogP) is 7.81. The predicted molar refractivity (Wildman–Crippen MR) is 144 cm³/mol. The smallest absolute Gasteiger partial charge is 0.442 e. The number of Topliss-reactive ketones (excluding diaryl/α,β-unsaturated/α-hetero) is 1. The zero-order chi connectivity index (χ0) is 29.9. The highest BCUT2D eigenvalue weighted by Crippen LogP contribution is 2.52. The van der Waals surface area contributed by atoms with Crippen LogP contribution in [0, 0.1) is 0 Å². The van der Waals surface area contributed by atoms with Gasteiger partial charge in [0.15, 0.2) is 17.6 Å². The molecule has 0 fully saturated rings. The van der Waals surface area contributed by atoms with E-state index in [1.165, 1.54) is 57.8 Å². The molecule has 1 aromatic rings. The number of benzene rings is 1. The Hall–Kier alpha value is -3.24. The summed E-state index contributed by atoms with van der Waals surface area (Å²) in [6, 6.07) is 4.42. The van der Waals surface area contributed by atoms with Crippen LogP contribution in [0.15, 0.2) is 45.8 Å². The quantitative estimate of drug-likeness (QED) is 0.101. The van der Waals surface area contributed by atoms with Crippen molar-refractivity contribution in [1.29, 1.82) is 0 Å². The molecule has 0 saturated heterocycles. The number of ether oxygens (including phenoxy) is 2. The summed E-state index contributed by atoms with van der Waals surface area (Å²) in [4.78, 5) is 37.1. The highest BCUT2D eigenvalue weighted by atomic mass is 19.4. The van der Waals surface area contributed by atoms with Gasteiger partial charge in [-0.2, -0.15) is 13.2 Å². The van der Waals surface area contributed by atoms with E-state index in [1.54, 1.807) is 0 Å². The van der Waals surface area contributed by atoms with Gasteiger partial charge in [-0.3, -0.25) is 4.79 Å². The second-order valence-corrected chi connectivity index (χ2v) is 10.6. The van der Waals surface area contributed by atoms with Gasteiger partial charge in [-0.25, -0.2) is 9.59 Å². The Labute approximate surface area is 238 Å². The molecule has 2 aliphatic rings. The molecule has 1 aromatic carbocycles. The molecule has 0 amide bonds. The van der Waals surface area contributed by atoms with Crippen LogP contribution < -0.4 is 0 Å². The lowest BCUT2D eigenvalue weighted by molar-refractivity contribution is -0.166. The molecule has 3 rings (SSSR count). The van der Waals surface area contributed by atoms with E-state index in [0.29, 0.717) is 6.42 Å². The molecule has 2 aliphatic heterocycles. The van der Waals surface area contributed by atoms with Crippen LogP contribution in [0.2, 0.25) is 0 Å². The van der Waals surface area contributed by atoms with E-state index in [4.69, 9.17) is 9.47 Å². The highest BCUT2D eigenvalue weighted by molar-refractivity contribution is 6.19. The number of halogens is 3. The molecule has 0 saturated carbocycles. The first kappa shape index (κ1) is 32.3. The summed E-state index contributed by atoms with van der Waals surface area (Å²) in [6.07, 6.45) is 9.13. The maximum atomic E-state index is 13.1. The second-order valence-electron chi connectivity index (χ2n) is 10.6. The zero-order valence-corrected chi connectivity index (χ0v) is 23.5. The van der Waals surface area contributed by atoms with Crippen molar-refractivity contribution in [2.75, 3.05) is 6.61 Å². The fourth-order valence-corrected chi connectivity index (χ4v) is 4.82. The van der Waals surface area contributed by atoms with Crippen LogP contribution in [-0.2, 0) is 24.7 Å². The molecule has 1 atom stereocenters. The van der Waals surface area contributed by atoms with Crippen LogP contribution in [-0.4, -0.2) is 41.7 Å². The van der Waals surface area contributed by atoms with Gasteiger partial charge >= 0.3 is 23.8 Å². The standard InChI is InChI=1S/C30H39F3N2O6/c1-2-3-4-5-6-7-8-9-10-11-12-13-14-15-23(36)25-26(37)24(41-28(25)39)20-40-27(38)21-16-18-22(19-17-21)29(34-35-29)30(31,32)33/h16-19,24,37H,2-15,20H2,1H3/t24-/m1/s1. The van der Waals surface area contributed by atoms with Crippen molar-refractivity contribution in [2.45, 2.75) is 115 Å². The summed E-state index contributed by atoms with van der Waals surface area (Å²) in [7, 11) is 0. The molecule has 0 aliphatic carbocycles. The minimum absolute atomic E-state index is 0.0572. The lowest BCUT2D eigenvalue weighted by atomic mass is 10.0. The number of carbonyl (C=O) groups is 3. The third-order valence-electron chi connectivity index (χ3n) is 7.38. The molecule has 226 valence electrons. The molecule has 11 heteroatoms. The van der Waals surface area contributed by atoms with Crippen LogP contribution in [0.4, 0.5) is 13.2 Å². The average molecular weight is 581 g/mol. The molecule has 0 unspecified atom stereocenters.